The maximum atomic E-state index is 13.2. The number of ether oxygens (including phenoxy) is 2. The van der Waals surface area contributed by atoms with E-state index in [-0.39, 0.29) is 87.6 Å². The first kappa shape index (κ1) is 24.6. The molecule has 3 aromatic rings. The number of carboxylic acids is 3. The lowest BCUT2D eigenvalue weighted by Crippen LogP contribution is -2.33. The molecule has 0 amide bonds. The molecular formula is C27H20O11. The van der Waals surface area contributed by atoms with Gasteiger partial charge < -0.3 is 35.0 Å². The van der Waals surface area contributed by atoms with E-state index in [1.54, 1.807) is 0 Å². The van der Waals surface area contributed by atoms with Gasteiger partial charge in [0.1, 0.15) is 23.0 Å². The smallest absolute Gasteiger partial charge is 0.341 e. The Bertz CT molecular complexity index is 1480. The van der Waals surface area contributed by atoms with E-state index in [9.17, 15) is 34.5 Å². The van der Waals surface area contributed by atoms with Crippen molar-refractivity contribution in [1.82, 2.24) is 0 Å². The molecule has 1 spiro atoms. The van der Waals surface area contributed by atoms with Crippen LogP contribution in [0.5, 0.6) is 23.0 Å². The van der Waals surface area contributed by atoms with Crippen LogP contribution in [0, 0.1) is 0 Å². The maximum absolute atomic E-state index is 13.2. The van der Waals surface area contributed by atoms with Crippen molar-refractivity contribution in [3.8, 4) is 23.0 Å². The molecule has 11 nitrogen and oxygen atoms in total. The molecule has 0 aromatic heterocycles. The van der Waals surface area contributed by atoms with Crippen molar-refractivity contribution < 1.29 is 54.2 Å². The van der Waals surface area contributed by atoms with Crippen LogP contribution in [0.25, 0.3) is 0 Å². The fourth-order valence-corrected chi connectivity index (χ4v) is 4.98. The van der Waals surface area contributed by atoms with Crippen LogP contribution < -0.4 is 4.74 Å². The van der Waals surface area contributed by atoms with E-state index in [1.165, 1.54) is 42.5 Å². The van der Waals surface area contributed by atoms with E-state index < -0.39 is 29.5 Å². The number of hydrogen-bond acceptors (Lipinski definition) is 8. The van der Waals surface area contributed by atoms with Gasteiger partial charge in [0.05, 0.1) is 11.1 Å². The van der Waals surface area contributed by atoms with Crippen LogP contribution in [0.2, 0.25) is 0 Å². The Morgan fingerprint density at radius 1 is 0.763 bits per heavy atom. The molecule has 0 fully saturated rings. The first-order chi connectivity index (χ1) is 18.0. The van der Waals surface area contributed by atoms with Crippen molar-refractivity contribution >= 4 is 23.9 Å². The minimum atomic E-state index is -1.79. The monoisotopic (exact) mass is 520 g/mol. The van der Waals surface area contributed by atoms with Crippen molar-refractivity contribution in [1.29, 1.82) is 0 Å². The number of aryl methyl sites for hydroxylation is 2. The molecule has 5 N–H and O–H groups in total. The molecule has 0 saturated heterocycles. The minimum Gasteiger partial charge on any atom is -0.508 e. The highest BCUT2D eigenvalue weighted by molar-refractivity contribution is 6.06. The summed E-state index contributed by atoms with van der Waals surface area (Å²) in [5.74, 6) is -4.95. The molecule has 5 rings (SSSR count). The first-order valence-electron chi connectivity index (χ1n) is 11.5. The van der Waals surface area contributed by atoms with Crippen LogP contribution in [0.3, 0.4) is 0 Å². The summed E-state index contributed by atoms with van der Waals surface area (Å²) < 4.78 is 11.9. The number of aromatic hydroxyl groups is 2. The number of carbonyl (C=O) groups is 4. The number of rotatable bonds is 7. The number of fused-ring (bicyclic) bond motifs is 6. The summed E-state index contributed by atoms with van der Waals surface area (Å²) in [5.41, 5.74) is -1.27. The van der Waals surface area contributed by atoms with E-state index in [4.69, 9.17) is 19.7 Å². The fraction of sp³-hybridized carbons (Fsp3) is 0.185. The molecule has 38 heavy (non-hydrogen) atoms. The SMILES string of the molecule is O=C(O)CCc1cc2c(cc1O)Oc1cc(O)c(CCC(=O)O)cc1C21OC(=O)c2c(C(=O)O)cccc21. The minimum absolute atomic E-state index is 0.0353. The van der Waals surface area contributed by atoms with Gasteiger partial charge in [-0.15, -0.1) is 0 Å². The summed E-state index contributed by atoms with van der Waals surface area (Å²) in [6.07, 6.45) is -0.730. The van der Waals surface area contributed by atoms with E-state index in [0.717, 1.165) is 0 Å². The van der Waals surface area contributed by atoms with Gasteiger partial charge in [0.25, 0.3) is 0 Å². The summed E-state index contributed by atoms with van der Waals surface area (Å²) in [6, 6.07) is 9.56. The third kappa shape index (κ3) is 3.76. The Labute approximate surface area is 214 Å². The predicted octanol–water partition coefficient (Wildman–Crippen LogP) is 3.40. The van der Waals surface area contributed by atoms with Crippen molar-refractivity contribution in [2.45, 2.75) is 31.3 Å². The van der Waals surface area contributed by atoms with Crippen molar-refractivity contribution in [2.75, 3.05) is 0 Å². The molecule has 0 bridgehead atoms. The number of carbonyl (C=O) groups excluding carboxylic acids is 1. The number of phenolic OH excluding ortho intramolecular Hbond substituents is 2. The number of carboxylic acid groups (broad SMARTS) is 3. The van der Waals surface area contributed by atoms with Crippen LogP contribution in [0.1, 0.15) is 61.4 Å². The van der Waals surface area contributed by atoms with E-state index >= 15 is 0 Å². The molecule has 2 heterocycles. The van der Waals surface area contributed by atoms with E-state index in [1.807, 2.05) is 0 Å². The van der Waals surface area contributed by atoms with Crippen LogP contribution in [-0.4, -0.2) is 49.4 Å². The zero-order valence-electron chi connectivity index (χ0n) is 19.6. The van der Waals surface area contributed by atoms with Gasteiger partial charge in [-0.1, -0.05) is 12.1 Å². The largest absolute Gasteiger partial charge is 0.508 e. The van der Waals surface area contributed by atoms with Gasteiger partial charge >= 0.3 is 23.9 Å². The number of benzene rings is 3. The predicted molar refractivity (Wildman–Crippen MR) is 127 cm³/mol. The highest BCUT2D eigenvalue weighted by Gasteiger charge is 2.55. The summed E-state index contributed by atoms with van der Waals surface area (Å²) in [5, 5.41) is 49.2. The van der Waals surface area contributed by atoms with Gasteiger partial charge in [0.2, 0.25) is 0 Å². The highest BCUT2D eigenvalue weighted by atomic mass is 16.6. The Hall–Kier alpha value is -5.06. The summed E-state index contributed by atoms with van der Waals surface area (Å²) in [7, 11) is 0. The van der Waals surface area contributed by atoms with Crippen LogP contribution in [0.15, 0.2) is 42.5 Å². The summed E-state index contributed by atoms with van der Waals surface area (Å²) in [6.45, 7) is 0. The number of aliphatic carboxylic acids is 2. The molecule has 11 heteroatoms. The number of hydrogen-bond donors (Lipinski definition) is 5. The summed E-state index contributed by atoms with van der Waals surface area (Å²) in [4.78, 5) is 47.5. The molecule has 194 valence electrons. The number of phenols is 2. The number of aromatic carboxylic acids is 1. The third-order valence-corrected chi connectivity index (χ3v) is 6.68. The van der Waals surface area contributed by atoms with E-state index in [2.05, 4.69) is 0 Å². The standard InChI is InChI=1S/C27H20O11/c28-18-10-20-16(8-12(18)4-6-22(30)31)27(15-3-1-2-14(25(34)35)24(15)26(36)38-27)17-9-13(5-7-23(32)33)19(29)11-21(17)37-20/h1-3,8-11,28-29H,4-7H2,(H,30,31)(H,32,33)(H,34,35). The second-order valence-electron chi connectivity index (χ2n) is 8.95. The van der Waals surface area contributed by atoms with E-state index in [0.29, 0.717) is 0 Å². The molecule has 0 radical (unpaired) electrons. The average Bonchev–Trinajstić information content (AvgIpc) is 3.14. The molecular weight excluding hydrogens is 500 g/mol. The molecule has 2 aliphatic heterocycles. The summed E-state index contributed by atoms with van der Waals surface area (Å²) >= 11 is 0. The Morgan fingerprint density at radius 2 is 1.29 bits per heavy atom. The topological polar surface area (TPSA) is 188 Å². The van der Waals surface area contributed by atoms with Gasteiger partial charge in [-0.25, -0.2) is 9.59 Å². The second-order valence-corrected chi connectivity index (χ2v) is 8.95. The van der Waals surface area contributed by atoms with Crippen molar-refractivity contribution in [3.05, 3.63) is 81.4 Å². The Balaban J connectivity index is 1.82. The van der Waals surface area contributed by atoms with Crippen molar-refractivity contribution in [2.24, 2.45) is 0 Å². The van der Waals surface area contributed by atoms with Gasteiger partial charge in [-0.3, -0.25) is 9.59 Å². The van der Waals surface area contributed by atoms with Crippen molar-refractivity contribution in [3.63, 3.8) is 0 Å². The normalized spacial score (nSPS) is 14.2. The maximum Gasteiger partial charge on any atom is 0.341 e. The van der Waals surface area contributed by atoms with Crippen LogP contribution >= 0.6 is 0 Å². The lowest BCUT2D eigenvalue weighted by molar-refractivity contribution is -0.138. The molecule has 0 saturated carbocycles. The zero-order valence-corrected chi connectivity index (χ0v) is 19.6. The third-order valence-electron chi connectivity index (χ3n) is 6.68. The lowest BCUT2D eigenvalue weighted by atomic mass is 9.75. The first-order valence-corrected chi connectivity index (χ1v) is 11.5. The quantitative estimate of drug-likeness (QED) is 0.287. The average molecular weight is 520 g/mol. The van der Waals surface area contributed by atoms with Crippen LogP contribution in [-0.2, 0) is 32.8 Å². The highest BCUT2D eigenvalue weighted by Crippen LogP contribution is 2.58. The Kier molecular flexibility index (Phi) is 5.70. The molecule has 0 aliphatic carbocycles. The number of esters is 1. The molecule has 3 aromatic carbocycles. The Morgan fingerprint density at radius 3 is 1.76 bits per heavy atom. The molecule has 0 atom stereocenters. The lowest BCUT2D eigenvalue weighted by Gasteiger charge is -2.37. The van der Waals surface area contributed by atoms with Crippen LogP contribution in [0.4, 0.5) is 0 Å². The second kappa shape index (κ2) is 8.80. The van der Waals surface area contributed by atoms with Gasteiger partial charge in [0, 0.05) is 41.7 Å². The fourth-order valence-electron chi connectivity index (χ4n) is 4.98. The van der Waals surface area contributed by atoms with Gasteiger partial charge in [-0.2, -0.15) is 0 Å². The molecule has 0 unspecified atom stereocenters. The van der Waals surface area contributed by atoms with Gasteiger partial charge in [-0.05, 0) is 42.2 Å². The van der Waals surface area contributed by atoms with Gasteiger partial charge in [0.15, 0.2) is 5.60 Å². The molecule has 2 aliphatic rings. The zero-order chi connectivity index (χ0) is 27.4.